The molecule has 4 nitrogen and oxygen atoms in total. The Morgan fingerprint density at radius 2 is 2.26 bits per heavy atom. The van der Waals surface area contributed by atoms with Crippen LogP contribution < -0.4 is 9.47 Å². The van der Waals surface area contributed by atoms with Gasteiger partial charge < -0.3 is 14.6 Å². The molecule has 1 N–H and O–H groups in total. The van der Waals surface area contributed by atoms with Gasteiger partial charge in [-0.25, -0.2) is 4.79 Å². The van der Waals surface area contributed by atoms with Gasteiger partial charge in [0.05, 0.1) is 11.6 Å². The lowest BCUT2D eigenvalue weighted by atomic mass is 10.2. The third-order valence-electron chi connectivity index (χ3n) is 2.04. The van der Waals surface area contributed by atoms with Crippen molar-refractivity contribution < 1.29 is 19.4 Å². The lowest BCUT2D eigenvalue weighted by Gasteiger charge is -2.13. The Bertz CT molecular complexity index is 526. The highest BCUT2D eigenvalue weighted by Crippen LogP contribution is 2.37. The molecule has 0 unspecified atom stereocenters. The minimum Gasteiger partial charge on any atom is -0.493 e. The van der Waals surface area contributed by atoms with Gasteiger partial charge in [-0.05, 0) is 39.7 Å². The first-order chi connectivity index (χ1) is 8.93. The first-order valence-corrected chi connectivity index (χ1v) is 6.35. The molecular formula is C13H12BrClO4. The van der Waals surface area contributed by atoms with E-state index >= 15 is 0 Å². The van der Waals surface area contributed by atoms with Crippen LogP contribution >= 0.6 is 27.5 Å². The Balaban J connectivity index is 3.07. The highest BCUT2D eigenvalue weighted by molar-refractivity contribution is 9.10. The van der Waals surface area contributed by atoms with E-state index in [4.69, 9.17) is 26.2 Å². The molecule has 0 amide bonds. The van der Waals surface area contributed by atoms with E-state index in [0.29, 0.717) is 26.6 Å². The van der Waals surface area contributed by atoms with Crippen molar-refractivity contribution in [3.63, 3.8) is 0 Å². The van der Waals surface area contributed by atoms with Crippen molar-refractivity contribution in [2.75, 3.05) is 13.7 Å². The van der Waals surface area contributed by atoms with Crippen molar-refractivity contribution in [3.8, 4) is 11.5 Å². The lowest BCUT2D eigenvalue weighted by molar-refractivity contribution is -0.131. The number of benzene rings is 1. The van der Waals surface area contributed by atoms with E-state index in [0.717, 1.165) is 6.08 Å². The number of ether oxygens (including phenoxy) is 2. The molecule has 0 saturated carbocycles. The summed E-state index contributed by atoms with van der Waals surface area (Å²) in [5, 5.41) is 8.96. The summed E-state index contributed by atoms with van der Waals surface area (Å²) in [6, 6.07) is 3.38. The summed E-state index contributed by atoms with van der Waals surface area (Å²) in [5.74, 6) is -0.0667. The third-order valence-corrected chi connectivity index (χ3v) is 2.74. The zero-order valence-electron chi connectivity index (χ0n) is 10.2. The lowest BCUT2D eigenvalue weighted by Crippen LogP contribution is -2.00. The molecule has 1 rings (SSSR count). The van der Waals surface area contributed by atoms with Gasteiger partial charge in [-0.3, -0.25) is 0 Å². The summed E-state index contributed by atoms with van der Waals surface area (Å²) in [5.41, 5.74) is 0.670. The average molecular weight is 348 g/mol. The number of carboxylic acid groups (broad SMARTS) is 1. The summed E-state index contributed by atoms with van der Waals surface area (Å²) >= 11 is 8.98. The van der Waals surface area contributed by atoms with Crippen LogP contribution in [-0.4, -0.2) is 24.8 Å². The molecule has 0 radical (unpaired) electrons. The van der Waals surface area contributed by atoms with Crippen LogP contribution in [0.5, 0.6) is 11.5 Å². The molecule has 0 aromatic heterocycles. The molecule has 0 aliphatic carbocycles. The molecule has 6 heteroatoms. The van der Waals surface area contributed by atoms with E-state index in [1.807, 2.05) is 0 Å². The molecule has 1 aromatic rings. The molecule has 0 spiro atoms. The Morgan fingerprint density at radius 3 is 2.79 bits per heavy atom. The molecule has 0 atom stereocenters. The van der Waals surface area contributed by atoms with Crippen LogP contribution in [-0.2, 0) is 4.79 Å². The normalized spacial score (nSPS) is 10.5. The number of halogens is 2. The number of hydrogen-bond acceptors (Lipinski definition) is 3. The minimum atomic E-state index is -1.02. The third kappa shape index (κ3) is 4.96. The zero-order valence-corrected chi connectivity index (χ0v) is 12.5. The summed E-state index contributed by atoms with van der Waals surface area (Å²) < 4.78 is 11.3. The Labute approximate surface area is 124 Å². The van der Waals surface area contributed by atoms with Gasteiger partial charge in [0.25, 0.3) is 0 Å². The number of rotatable bonds is 6. The fraction of sp³-hybridized carbons (Fsp3) is 0.154. The van der Waals surface area contributed by atoms with E-state index < -0.39 is 5.97 Å². The second-order valence-electron chi connectivity index (χ2n) is 3.51. The number of methoxy groups -OCH3 is 1. The molecular weight excluding hydrogens is 335 g/mol. The standard InChI is InChI=1S/C13H12BrClO4/c1-8(15)7-19-13-10(14)5-9(3-4-12(16)17)6-11(13)18-2/h3-6H,1,7H2,2H3,(H,16,17)/b4-3+. The van der Waals surface area contributed by atoms with Gasteiger partial charge in [0.2, 0.25) is 0 Å². The maximum Gasteiger partial charge on any atom is 0.328 e. The number of carboxylic acids is 1. The maximum atomic E-state index is 10.5. The first kappa shape index (κ1) is 15.6. The molecule has 0 aliphatic rings. The average Bonchev–Trinajstić information content (AvgIpc) is 2.34. The van der Waals surface area contributed by atoms with Crippen molar-refractivity contribution in [3.05, 3.63) is 39.9 Å². The topological polar surface area (TPSA) is 55.8 Å². The van der Waals surface area contributed by atoms with Gasteiger partial charge in [0.1, 0.15) is 6.61 Å². The van der Waals surface area contributed by atoms with Crippen LogP contribution in [0.4, 0.5) is 0 Å². The van der Waals surface area contributed by atoms with Crippen molar-refractivity contribution in [2.45, 2.75) is 0 Å². The van der Waals surface area contributed by atoms with E-state index in [2.05, 4.69) is 22.5 Å². The summed E-state index contributed by atoms with van der Waals surface area (Å²) in [6.45, 7) is 3.68. The van der Waals surface area contributed by atoms with Gasteiger partial charge in [0.15, 0.2) is 11.5 Å². The van der Waals surface area contributed by atoms with Gasteiger partial charge in [0, 0.05) is 11.1 Å². The first-order valence-electron chi connectivity index (χ1n) is 5.18. The van der Waals surface area contributed by atoms with E-state index in [9.17, 15) is 4.79 Å². The van der Waals surface area contributed by atoms with Crippen LogP contribution in [0.2, 0.25) is 0 Å². The molecule has 0 saturated heterocycles. The fourth-order valence-electron chi connectivity index (χ4n) is 1.29. The summed E-state index contributed by atoms with van der Waals surface area (Å²) in [4.78, 5) is 10.5. The highest BCUT2D eigenvalue weighted by Gasteiger charge is 2.11. The molecule has 19 heavy (non-hydrogen) atoms. The quantitative estimate of drug-likeness (QED) is 0.798. The molecule has 102 valence electrons. The van der Waals surface area contributed by atoms with Gasteiger partial charge in [-0.1, -0.05) is 18.2 Å². The van der Waals surface area contributed by atoms with Crippen molar-refractivity contribution in [2.24, 2.45) is 0 Å². The van der Waals surface area contributed by atoms with Crippen LogP contribution in [0.25, 0.3) is 6.08 Å². The Hall–Kier alpha value is -1.46. The number of aliphatic carboxylic acids is 1. The predicted octanol–water partition coefficient (Wildman–Crippen LogP) is 3.69. The number of hydrogen-bond donors (Lipinski definition) is 1. The van der Waals surface area contributed by atoms with E-state index in [1.54, 1.807) is 12.1 Å². The fourth-order valence-corrected chi connectivity index (χ4v) is 1.92. The molecule has 0 aliphatic heterocycles. The van der Waals surface area contributed by atoms with Crippen LogP contribution in [0, 0.1) is 0 Å². The van der Waals surface area contributed by atoms with Gasteiger partial charge >= 0.3 is 5.97 Å². The van der Waals surface area contributed by atoms with Crippen molar-refractivity contribution in [1.29, 1.82) is 0 Å². The van der Waals surface area contributed by atoms with Crippen LogP contribution in [0.3, 0.4) is 0 Å². The number of carbonyl (C=O) groups is 1. The Kier molecular flexibility index (Phi) is 5.92. The van der Waals surface area contributed by atoms with E-state index in [1.165, 1.54) is 13.2 Å². The van der Waals surface area contributed by atoms with Gasteiger partial charge in [-0.2, -0.15) is 0 Å². The van der Waals surface area contributed by atoms with Crippen molar-refractivity contribution >= 4 is 39.6 Å². The van der Waals surface area contributed by atoms with Gasteiger partial charge in [-0.15, -0.1) is 0 Å². The smallest absolute Gasteiger partial charge is 0.328 e. The molecule has 0 heterocycles. The molecule has 1 aromatic carbocycles. The zero-order chi connectivity index (χ0) is 14.4. The predicted molar refractivity (Wildman–Crippen MR) is 77.9 cm³/mol. The van der Waals surface area contributed by atoms with Crippen LogP contribution in [0.15, 0.2) is 34.3 Å². The summed E-state index contributed by atoms with van der Waals surface area (Å²) in [6.07, 6.45) is 2.50. The van der Waals surface area contributed by atoms with Crippen LogP contribution in [0.1, 0.15) is 5.56 Å². The molecule has 0 fully saturated rings. The monoisotopic (exact) mass is 346 g/mol. The van der Waals surface area contributed by atoms with Crippen molar-refractivity contribution in [1.82, 2.24) is 0 Å². The largest absolute Gasteiger partial charge is 0.493 e. The molecule has 0 bridgehead atoms. The highest BCUT2D eigenvalue weighted by atomic mass is 79.9. The van der Waals surface area contributed by atoms with E-state index in [-0.39, 0.29) is 6.61 Å². The second kappa shape index (κ2) is 7.21. The minimum absolute atomic E-state index is 0.154. The second-order valence-corrected chi connectivity index (χ2v) is 4.90. The SMILES string of the molecule is C=C(Cl)COc1c(Br)cc(/C=C/C(=O)O)cc1OC. The summed E-state index contributed by atoms with van der Waals surface area (Å²) in [7, 11) is 1.49. The maximum absolute atomic E-state index is 10.5. The Morgan fingerprint density at radius 1 is 1.58 bits per heavy atom.